The summed E-state index contributed by atoms with van der Waals surface area (Å²) in [5.74, 6) is 1.67. The predicted octanol–water partition coefficient (Wildman–Crippen LogP) is 4.19. The second-order valence-corrected chi connectivity index (χ2v) is 6.72. The lowest BCUT2D eigenvalue weighted by Crippen LogP contribution is -2.39. The van der Waals surface area contributed by atoms with Crippen LogP contribution in [0.4, 0.5) is 0 Å². The lowest BCUT2D eigenvalue weighted by atomic mass is 9.87. The van der Waals surface area contributed by atoms with Crippen LogP contribution in [0.2, 0.25) is 0 Å². The molecule has 0 amide bonds. The van der Waals surface area contributed by atoms with Crippen molar-refractivity contribution in [3.8, 4) is 0 Å². The van der Waals surface area contributed by atoms with Gasteiger partial charge < -0.3 is 5.32 Å². The zero-order valence-electron chi connectivity index (χ0n) is 12.0. The van der Waals surface area contributed by atoms with Crippen molar-refractivity contribution in [2.24, 2.45) is 11.8 Å². The molecule has 1 N–H and O–H groups in total. The molecule has 2 nitrogen and oxygen atoms in total. The van der Waals surface area contributed by atoms with Crippen molar-refractivity contribution in [1.82, 2.24) is 10.3 Å². The highest BCUT2D eigenvalue weighted by molar-refractivity contribution is 9.10. The summed E-state index contributed by atoms with van der Waals surface area (Å²) < 4.78 is 1.06. The van der Waals surface area contributed by atoms with E-state index in [1.165, 1.54) is 31.4 Å². The first-order valence-electron chi connectivity index (χ1n) is 7.54. The Morgan fingerprint density at radius 2 is 2.26 bits per heavy atom. The van der Waals surface area contributed by atoms with Crippen molar-refractivity contribution in [2.45, 2.75) is 52.0 Å². The van der Waals surface area contributed by atoms with Crippen molar-refractivity contribution in [3.63, 3.8) is 0 Å². The van der Waals surface area contributed by atoms with Crippen molar-refractivity contribution in [2.75, 3.05) is 6.54 Å². The van der Waals surface area contributed by atoms with Crippen molar-refractivity contribution in [1.29, 1.82) is 0 Å². The fourth-order valence-electron chi connectivity index (χ4n) is 3.23. The smallest absolute Gasteiger partial charge is 0.0420 e. The van der Waals surface area contributed by atoms with Crippen LogP contribution in [-0.4, -0.2) is 17.6 Å². The SMILES string of the molecule is CCCNC(Cc1ccc(Br)cn1)C1CCCC1C. The standard InChI is InChI=1S/C16H25BrN2/c1-3-9-18-16(15-6-4-5-12(15)2)10-14-8-7-13(17)11-19-14/h7-8,11-12,15-16,18H,3-6,9-10H2,1-2H3. The lowest BCUT2D eigenvalue weighted by Gasteiger charge is -2.28. The van der Waals surface area contributed by atoms with Gasteiger partial charge in [-0.3, -0.25) is 4.98 Å². The number of pyridine rings is 1. The van der Waals surface area contributed by atoms with Crippen LogP contribution in [0.5, 0.6) is 0 Å². The molecule has 1 fully saturated rings. The third-order valence-electron chi connectivity index (χ3n) is 4.32. The molecule has 1 aromatic rings. The quantitative estimate of drug-likeness (QED) is 0.848. The summed E-state index contributed by atoms with van der Waals surface area (Å²) in [6.07, 6.45) is 8.32. The van der Waals surface area contributed by atoms with Gasteiger partial charge in [-0.25, -0.2) is 0 Å². The number of aromatic nitrogens is 1. The number of nitrogens with zero attached hydrogens (tertiary/aromatic N) is 1. The molecule has 3 heteroatoms. The number of rotatable bonds is 6. The van der Waals surface area contributed by atoms with E-state index in [1.54, 1.807) is 0 Å². The molecule has 1 aromatic heterocycles. The van der Waals surface area contributed by atoms with Gasteiger partial charge in [0.05, 0.1) is 0 Å². The fraction of sp³-hybridized carbons (Fsp3) is 0.688. The Bertz CT molecular complexity index is 377. The highest BCUT2D eigenvalue weighted by atomic mass is 79.9. The molecule has 0 bridgehead atoms. The van der Waals surface area contributed by atoms with Crippen molar-refractivity contribution >= 4 is 15.9 Å². The average molecular weight is 325 g/mol. The second-order valence-electron chi connectivity index (χ2n) is 5.80. The summed E-state index contributed by atoms with van der Waals surface area (Å²) in [6.45, 7) is 5.76. The number of hydrogen-bond donors (Lipinski definition) is 1. The van der Waals surface area contributed by atoms with Crippen LogP contribution in [0.1, 0.15) is 45.2 Å². The second kappa shape index (κ2) is 7.39. The number of nitrogens with one attached hydrogen (secondary N) is 1. The molecule has 106 valence electrons. The highest BCUT2D eigenvalue weighted by Crippen LogP contribution is 2.34. The van der Waals surface area contributed by atoms with Gasteiger partial charge in [0.2, 0.25) is 0 Å². The fourth-order valence-corrected chi connectivity index (χ4v) is 3.46. The van der Waals surface area contributed by atoms with E-state index in [0.29, 0.717) is 6.04 Å². The molecule has 0 aromatic carbocycles. The monoisotopic (exact) mass is 324 g/mol. The van der Waals surface area contributed by atoms with E-state index < -0.39 is 0 Å². The van der Waals surface area contributed by atoms with Crippen LogP contribution >= 0.6 is 15.9 Å². The van der Waals surface area contributed by atoms with E-state index in [2.05, 4.69) is 52.2 Å². The molecule has 0 aliphatic heterocycles. The topological polar surface area (TPSA) is 24.9 Å². The average Bonchev–Trinajstić information content (AvgIpc) is 2.83. The molecule has 1 aliphatic carbocycles. The van der Waals surface area contributed by atoms with Crippen LogP contribution in [0, 0.1) is 11.8 Å². The van der Waals surface area contributed by atoms with Crippen LogP contribution in [-0.2, 0) is 6.42 Å². The minimum Gasteiger partial charge on any atom is -0.313 e. The molecule has 0 saturated heterocycles. The Labute approximate surface area is 125 Å². The summed E-state index contributed by atoms with van der Waals surface area (Å²) in [7, 11) is 0. The third-order valence-corrected chi connectivity index (χ3v) is 4.79. The van der Waals surface area contributed by atoms with E-state index in [0.717, 1.165) is 29.3 Å². The Hall–Kier alpha value is -0.410. The number of hydrogen-bond acceptors (Lipinski definition) is 2. The first-order chi connectivity index (χ1) is 9.20. The highest BCUT2D eigenvalue weighted by Gasteiger charge is 2.30. The summed E-state index contributed by atoms with van der Waals surface area (Å²) in [4.78, 5) is 4.54. The summed E-state index contributed by atoms with van der Waals surface area (Å²) in [6, 6.07) is 4.83. The number of halogens is 1. The first kappa shape index (κ1) is 15.0. The van der Waals surface area contributed by atoms with Crippen molar-refractivity contribution < 1.29 is 0 Å². The minimum atomic E-state index is 0.589. The van der Waals surface area contributed by atoms with Gasteiger partial charge in [-0.15, -0.1) is 0 Å². The van der Waals surface area contributed by atoms with Crippen LogP contribution < -0.4 is 5.32 Å². The Balaban J connectivity index is 2.02. The molecule has 1 aliphatic rings. The van der Waals surface area contributed by atoms with Crippen LogP contribution in [0.15, 0.2) is 22.8 Å². The van der Waals surface area contributed by atoms with E-state index in [9.17, 15) is 0 Å². The lowest BCUT2D eigenvalue weighted by molar-refractivity contribution is 0.294. The summed E-state index contributed by atoms with van der Waals surface area (Å²) in [5, 5.41) is 3.75. The van der Waals surface area contributed by atoms with Gasteiger partial charge in [0.1, 0.15) is 0 Å². The summed E-state index contributed by atoms with van der Waals surface area (Å²) in [5.41, 5.74) is 1.20. The van der Waals surface area contributed by atoms with Gasteiger partial charge in [-0.1, -0.05) is 26.7 Å². The minimum absolute atomic E-state index is 0.589. The molecule has 3 atom stereocenters. The zero-order chi connectivity index (χ0) is 13.7. The van der Waals surface area contributed by atoms with Gasteiger partial charge in [-0.2, -0.15) is 0 Å². The maximum absolute atomic E-state index is 4.54. The van der Waals surface area contributed by atoms with Crippen LogP contribution in [0.3, 0.4) is 0 Å². The molecule has 3 unspecified atom stereocenters. The van der Waals surface area contributed by atoms with E-state index in [1.807, 2.05) is 6.20 Å². The Morgan fingerprint density at radius 3 is 2.84 bits per heavy atom. The maximum atomic E-state index is 4.54. The Morgan fingerprint density at radius 1 is 1.42 bits per heavy atom. The van der Waals surface area contributed by atoms with Gasteiger partial charge in [0.25, 0.3) is 0 Å². The third kappa shape index (κ3) is 4.28. The molecular formula is C16H25BrN2. The van der Waals surface area contributed by atoms with E-state index in [4.69, 9.17) is 0 Å². The molecular weight excluding hydrogens is 300 g/mol. The molecule has 19 heavy (non-hydrogen) atoms. The normalized spacial score (nSPS) is 24.6. The molecule has 1 saturated carbocycles. The van der Waals surface area contributed by atoms with E-state index in [-0.39, 0.29) is 0 Å². The molecule has 0 radical (unpaired) electrons. The van der Waals surface area contributed by atoms with Gasteiger partial charge in [0, 0.05) is 28.8 Å². The zero-order valence-corrected chi connectivity index (χ0v) is 13.6. The Kier molecular flexibility index (Phi) is 5.83. The molecule has 0 spiro atoms. The molecule has 1 heterocycles. The van der Waals surface area contributed by atoms with Gasteiger partial charge >= 0.3 is 0 Å². The maximum Gasteiger partial charge on any atom is 0.0420 e. The van der Waals surface area contributed by atoms with Gasteiger partial charge in [0.15, 0.2) is 0 Å². The van der Waals surface area contributed by atoms with Gasteiger partial charge in [-0.05, 0) is 59.3 Å². The first-order valence-corrected chi connectivity index (χ1v) is 8.33. The molecule has 2 rings (SSSR count). The summed E-state index contributed by atoms with van der Waals surface area (Å²) >= 11 is 3.45. The van der Waals surface area contributed by atoms with E-state index >= 15 is 0 Å². The van der Waals surface area contributed by atoms with Crippen LogP contribution in [0.25, 0.3) is 0 Å². The van der Waals surface area contributed by atoms with Crippen molar-refractivity contribution in [3.05, 3.63) is 28.5 Å². The predicted molar refractivity (Wildman–Crippen MR) is 84.2 cm³/mol. The largest absolute Gasteiger partial charge is 0.313 e.